The van der Waals surface area contributed by atoms with Crippen molar-refractivity contribution in [3.05, 3.63) is 47.2 Å². The molecule has 1 atom stereocenters. The van der Waals surface area contributed by atoms with Crippen LogP contribution in [-0.4, -0.2) is 21.9 Å². The van der Waals surface area contributed by atoms with Gasteiger partial charge in [-0.15, -0.1) is 13.2 Å². The van der Waals surface area contributed by atoms with Crippen LogP contribution in [-0.2, 0) is 0 Å². The van der Waals surface area contributed by atoms with E-state index in [4.69, 9.17) is 11.6 Å². The summed E-state index contributed by atoms with van der Waals surface area (Å²) in [7, 11) is 0. The van der Waals surface area contributed by atoms with Crippen molar-refractivity contribution in [3.63, 3.8) is 0 Å². The Morgan fingerprint density at radius 2 is 1.95 bits per heavy atom. The minimum absolute atomic E-state index is 0.253. The van der Waals surface area contributed by atoms with E-state index in [0.717, 1.165) is 12.1 Å². The molecule has 21 heavy (non-hydrogen) atoms. The summed E-state index contributed by atoms with van der Waals surface area (Å²) in [5.74, 6) is -0.679. The molecule has 1 heterocycles. The third-order valence-corrected chi connectivity index (χ3v) is 2.91. The van der Waals surface area contributed by atoms with Crippen molar-refractivity contribution < 1.29 is 22.7 Å². The molecule has 2 rings (SSSR count). The number of nitrogens with zero attached hydrogens (tertiary/aromatic N) is 2. The zero-order chi connectivity index (χ0) is 15.6. The van der Waals surface area contributed by atoms with Gasteiger partial charge in [-0.05, 0) is 31.2 Å². The number of carbonyl (C=O) groups excluding carboxylic acids is 1. The lowest BCUT2D eigenvalue weighted by atomic mass is 10.1. The quantitative estimate of drug-likeness (QED) is 0.804. The van der Waals surface area contributed by atoms with E-state index >= 15 is 0 Å². The van der Waals surface area contributed by atoms with Crippen molar-refractivity contribution in [2.75, 3.05) is 0 Å². The van der Waals surface area contributed by atoms with Gasteiger partial charge >= 0.3 is 6.36 Å². The van der Waals surface area contributed by atoms with E-state index in [1.54, 1.807) is 6.92 Å². The van der Waals surface area contributed by atoms with Crippen LogP contribution >= 0.6 is 11.6 Å². The monoisotopic (exact) mass is 318 g/mol. The van der Waals surface area contributed by atoms with Gasteiger partial charge in [0.2, 0.25) is 0 Å². The Labute approximate surface area is 123 Å². The number of aromatic nitrogens is 2. The molecule has 0 unspecified atom stereocenters. The first-order chi connectivity index (χ1) is 9.76. The molecule has 0 aliphatic heterocycles. The van der Waals surface area contributed by atoms with Crippen LogP contribution < -0.4 is 4.74 Å². The first-order valence-corrected chi connectivity index (χ1v) is 6.24. The number of benzene rings is 1. The number of Topliss-reactive ketones (excluding diaryl/α,β-unsaturated/α-hetero) is 1. The van der Waals surface area contributed by atoms with Crippen LogP contribution in [0.3, 0.4) is 0 Å². The molecule has 112 valence electrons. The van der Waals surface area contributed by atoms with Crippen molar-refractivity contribution in [1.82, 2.24) is 9.78 Å². The van der Waals surface area contributed by atoms with E-state index in [-0.39, 0.29) is 17.1 Å². The highest BCUT2D eigenvalue weighted by molar-refractivity contribution is 6.30. The zero-order valence-electron chi connectivity index (χ0n) is 10.8. The largest absolute Gasteiger partial charge is 0.573 e. The van der Waals surface area contributed by atoms with E-state index in [1.807, 2.05) is 0 Å². The number of rotatable bonds is 4. The van der Waals surface area contributed by atoms with Crippen LogP contribution in [0.1, 0.15) is 23.3 Å². The molecule has 1 aromatic heterocycles. The van der Waals surface area contributed by atoms with Gasteiger partial charge in [-0.3, -0.25) is 9.48 Å². The second-order valence-corrected chi connectivity index (χ2v) is 4.69. The van der Waals surface area contributed by atoms with Crippen molar-refractivity contribution >= 4 is 17.4 Å². The maximum absolute atomic E-state index is 12.2. The molecular formula is C13H10ClF3N2O2. The normalized spacial score (nSPS) is 13.0. The fraction of sp³-hybridized carbons (Fsp3) is 0.231. The molecule has 0 spiro atoms. The Morgan fingerprint density at radius 1 is 1.33 bits per heavy atom. The number of ketones is 1. The smallest absolute Gasteiger partial charge is 0.406 e. The second kappa shape index (κ2) is 5.77. The summed E-state index contributed by atoms with van der Waals surface area (Å²) in [4.78, 5) is 12.2. The Balaban J connectivity index is 2.13. The minimum Gasteiger partial charge on any atom is -0.406 e. The summed E-state index contributed by atoms with van der Waals surface area (Å²) in [5, 5.41) is 4.31. The van der Waals surface area contributed by atoms with Gasteiger partial charge in [-0.25, -0.2) is 0 Å². The van der Waals surface area contributed by atoms with Gasteiger partial charge in [0.05, 0.1) is 11.2 Å². The zero-order valence-corrected chi connectivity index (χ0v) is 11.5. The molecule has 0 bridgehead atoms. The molecular weight excluding hydrogens is 309 g/mol. The third kappa shape index (κ3) is 3.98. The van der Waals surface area contributed by atoms with Crippen LogP contribution in [0.4, 0.5) is 13.2 Å². The van der Waals surface area contributed by atoms with Crippen molar-refractivity contribution in [2.45, 2.75) is 19.3 Å². The van der Waals surface area contributed by atoms with Crippen molar-refractivity contribution in [1.29, 1.82) is 0 Å². The Bertz CT molecular complexity index is 638. The molecule has 2 aromatic rings. The van der Waals surface area contributed by atoms with Gasteiger partial charge in [0.25, 0.3) is 0 Å². The number of halogens is 4. The van der Waals surface area contributed by atoms with Gasteiger partial charge in [0, 0.05) is 11.8 Å². The first-order valence-electron chi connectivity index (χ1n) is 5.86. The fourth-order valence-electron chi connectivity index (χ4n) is 1.71. The van der Waals surface area contributed by atoms with Gasteiger partial charge in [0.1, 0.15) is 11.8 Å². The summed E-state index contributed by atoms with van der Waals surface area (Å²) >= 11 is 5.72. The first kappa shape index (κ1) is 15.4. The summed E-state index contributed by atoms with van der Waals surface area (Å²) in [5.41, 5.74) is 0.253. The average molecular weight is 319 g/mol. The molecule has 0 N–H and O–H groups in total. The van der Waals surface area contributed by atoms with E-state index < -0.39 is 12.4 Å². The highest BCUT2D eigenvalue weighted by atomic mass is 35.5. The van der Waals surface area contributed by atoms with Crippen LogP contribution in [0.5, 0.6) is 5.75 Å². The molecule has 0 saturated heterocycles. The van der Waals surface area contributed by atoms with E-state index in [1.165, 1.54) is 29.2 Å². The van der Waals surface area contributed by atoms with Crippen LogP contribution in [0.15, 0.2) is 36.7 Å². The number of carbonyl (C=O) groups is 1. The molecule has 8 heteroatoms. The van der Waals surface area contributed by atoms with Gasteiger partial charge in [-0.2, -0.15) is 5.10 Å². The van der Waals surface area contributed by atoms with Gasteiger partial charge in [-0.1, -0.05) is 11.6 Å². The highest BCUT2D eigenvalue weighted by Crippen LogP contribution is 2.24. The fourth-order valence-corrected chi connectivity index (χ4v) is 1.85. The van der Waals surface area contributed by atoms with Crippen LogP contribution in [0, 0.1) is 0 Å². The minimum atomic E-state index is -4.76. The lowest BCUT2D eigenvalue weighted by molar-refractivity contribution is -0.274. The lowest BCUT2D eigenvalue weighted by Gasteiger charge is -2.12. The van der Waals surface area contributed by atoms with Gasteiger partial charge < -0.3 is 4.74 Å². The van der Waals surface area contributed by atoms with E-state index in [9.17, 15) is 18.0 Å². The summed E-state index contributed by atoms with van der Waals surface area (Å²) in [6.07, 6.45) is -1.87. The topological polar surface area (TPSA) is 44.1 Å². The Kier molecular flexibility index (Phi) is 4.22. The number of hydrogen-bond donors (Lipinski definition) is 0. The Morgan fingerprint density at radius 3 is 2.43 bits per heavy atom. The maximum Gasteiger partial charge on any atom is 0.573 e. The molecule has 1 aromatic carbocycles. The predicted octanol–water partition coefficient (Wildman–Crippen LogP) is 3.88. The average Bonchev–Trinajstić information content (AvgIpc) is 2.83. The molecule has 0 amide bonds. The number of hydrogen-bond acceptors (Lipinski definition) is 3. The SMILES string of the molecule is C[C@H](C(=O)c1ccc(OC(F)(F)F)cc1)n1cc(Cl)cn1. The predicted molar refractivity (Wildman–Crippen MR) is 69.4 cm³/mol. The van der Waals surface area contributed by atoms with Crippen molar-refractivity contribution in [3.8, 4) is 5.75 Å². The molecule has 0 radical (unpaired) electrons. The Hall–Kier alpha value is -2.02. The molecule has 0 fully saturated rings. The van der Waals surface area contributed by atoms with Crippen LogP contribution in [0.25, 0.3) is 0 Å². The van der Waals surface area contributed by atoms with Crippen LogP contribution in [0.2, 0.25) is 5.02 Å². The summed E-state index contributed by atoms with van der Waals surface area (Å²) in [6, 6.07) is 4.09. The molecule has 4 nitrogen and oxygen atoms in total. The standard InChI is InChI=1S/C13H10ClF3N2O2/c1-8(19-7-10(14)6-18-19)12(20)9-2-4-11(5-3-9)21-13(15,16)17/h2-8H,1H3/t8-/m1/s1. The summed E-state index contributed by atoms with van der Waals surface area (Å²) < 4.78 is 41.2. The molecule has 0 aliphatic carbocycles. The lowest BCUT2D eigenvalue weighted by Crippen LogP contribution is -2.18. The van der Waals surface area contributed by atoms with E-state index in [2.05, 4.69) is 9.84 Å². The van der Waals surface area contributed by atoms with Crippen molar-refractivity contribution in [2.24, 2.45) is 0 Å². The number of alkyl halides is 3. The molecule has 0 aliphatic rings. The third-order valence-electron chi connectivity index (χ3n) is 2.72. The van der Waals surface area contributed by atoms with Gasteiger partial charge in [0.15, 0.2) is 5.78 Å². The number of ether oxygens (including phenoxy) is 1. The second-order valence-electron chi connectivity index (χ2n) is 4.25. The highest BCUT2D eigenvalue weighted by Gasteiger charge is 2.31. The molecule has 0 saturated carbocycles. The summed E-state index contributed by atoms with van der Waals surface area (Å²) in [6.45, 7) is 1.62. The van der Waals surface area contributed by atoms with E-state index in [0.29, 0.717) is 5.02 Å². The maximum atomic E-state index is 12.2.